The summed E-state index contributed by atoms with van der Waals surface area (Å²) < 4.78 is 7.58. The Hall–Kier alpha value is -2.97. The first-order valence-electron chi connectivity index (χ1n) is 11.6. The second-order valence-electron chi connectivity index (χ2n) is 8.56. The zero-order valence-corrected chi connectivity index (χ0v) is 21.2. The number of esters is 1. The Morgan fingerprint density at radius 3 is 2.71 bits per heavy atom. The SMILES string of the molecule is CCOC(=O)C1=C(C)N=c2s/c(=C/c3ccc(N4CCCC4)c(C)c3)c(=O)n2[C@H]1c1cccs1. The predicted octanol–water partition coefficient (Wildman–Crippen LogP) is 3.77. The molecule has 0 aliphatic carbocycles. The van der Waals surface area contributed by atoms with Gasteiger partial charge in [0.2, 0.25) is 0 Å². The van der Waals surface area contributed by atoms with Crippen LogP contribution in [0.25, 0.3) is 6.08 Å². The Labute approximate surface area is 206 Å². The number of hydrogen-bond acceptors (Lipinski definition) is 7. The van der Waals surface area contributed by atoms with E-state index in [1.54, 1.807) is 11.5 Å². The molecule has 0 bridgehead atoms. The second kappa shape index (κ2) is 9.35. The number of aryl methyl sites for hydroxylation is 1. The number of fused-ring (bicyclic) bond motifs is 1. The third-order valence-corrected chi connectivity index (χ3v) is 8.20. The molecule has 0 N–H and O–H groups in total. The molecule has 4 heterocycles. The average Bonchev–Trinajstić information content (AvgIpc) is 3.56. The fourth-order valence-corrected chi connectivity index (χ4v) is 6.61. The van der Waals surface area contributed by atoms with Crippen LogP contribution in [-0.2, 0) is 9.53 Å². The molecule has 2 aliphatic heterocycles. The second-order valence-corrected chi connectivity index (χ2v) is 10.5. The van der Waals surface area contributed by atoms with Gasteiger partial charge < -0.3 is 9.64 Å². The molecule has 176 valence electrons. The summed E-state index contributed by atoms with van der Waals surface area (Å²) in [5, 5.41) is 1.95. The Kier molecular flexibility index (Phi) is 6.27. The predicted molar refractivity (Wildman–Crippen MR) is 137 cm³/mol. The minimum absolute atomic E-state index is 0.141. The van der Waals surface area contributed by atoms with E-state index < -0.39 is 12.0 Å². The molecule has 1 aromatic carbocycles. The van der Waals surface area contributed by atoms with Gasteiger partial charge in [0.15, 0.2) is 4.80 Å². The number of carbonyl (C=O) groups excluding carboxylic acids is 1. The number of hydrogen-bond donors (Lipinski definition) is 0. The Bertz CT molecular complexity index is 1440. The van der Waals surface area contributed by atoms with Gasteiger partial charge in [-0.25, -0.2) is 9.79 Å². The molecule has 5 rings (SSSR count). The van der Waals surface area contributed by atoms with Gasteiger partial charge >= 0.3 is 5.97 Å². The Morgan fingerprint density at radius 2 is 2.03 bits per heavy atom. The highest BCUT2D eigenvalue weighted by Crippen LogP contribution is 2.33. The molecule has 6 nitrogen and oxygen atoms in total. The van der Waals surface area contributed by atoms with Crippen molar-refractivity contribution < 1.29 is 9.53 Å². The fraction of sp³-hybridized carbons (Fsp3) is 0.346. The van der Waals surface area contributed by atoms with Crippen LogP contribution in [0.4, 0.5) is 5.69 Å². The van der Waals surface area contributed by atoms with Gasteiger partial charge in [0.1, 0.15) is 6.04 Å². The number of thiazole rings is 1. The zero-order chi connectivity index (χ0) is 23.8. The van der Waals surface area contributed by atoms with Crippen LogP contribution in [0.15, 0.2) is 56.8 Å². The van der Waals surface area contributed by atoms with E-state index in [9.17, 15) is 9.59 Å². The summed E-state index contributed by atoms with van der Waals surface area (Å²) in [6, 6.07) is 9.71. The van der Waals surface area contributed by atoms with Crippen molar-refractivity contribution in [3.63, 3.8) is 0 Å². The summed E-state index contributed by atoms with van der Waals surface area (Å²) in [5.74, 6) is -0.426. The highest BCUT2D eigenvalue weighted by atomic mass is 32.1. The lowest BCUT2D eigenvalue weighted by molar-refractivity contribution is -0.139. The lowest BCUT2D eigenvalue weighted by Crippen LogP contribution is -2.39. The summed E-state index contributed by atoms with van der Waals surface area (Å²) >= 11 is 2.88. The summed E-state index contributed by atoms with van der Waals surface area (Å²) in [7, 11) is 0. The maximum absolute atomic E-state index is 13.6. The van der Waals surface area contributed by atoms with Crippen molar-refractivity contribution in [3.8, 4) is 0 Å². The summed E-state index contributed by atoms with van der Waals surface area (Å²) in [4.78, 5) is 35.0. The van der Waals surface area contributed by atoms with Crippen molar-refractivity contribution in [2.45, 2.75) is 39.7 Å². The fourth-order valence-electron chi connectivity index (χ4n) is 4.74. The lowest BCUT2D eigenvalue weighted by Gasteiger charge is -2.23. The number of benzene rings is 1. The third-order valence-electron chi connectivity index (χ3n) is 6.30. The standard InChI is InChI=1S/C26H27N3O3S2/c1-4-32-25(31)22-17(3)27-26-29(23(22)20-8-7-13-33-20)24(30)21(34-26)15-18-9-10-19(16(2)14-18)28-11-5-6-12-28/h7-10,13-15,23H,4-6,11-12H2,1-3H3/b21-15+/t23-/m0/s1. The quantitative estimate of drug-likeness (QED) is 0.508. The number of allylic oxidation sites excluding steroid dienone is 1. The molecular formula is C26H27N3O3S2. The van der Waals surface area contributed by atoms with Crippen LogP contribution in [-0.4, -0.2) is 30.2 Å². The van der Waals surface area contributed by atoms with E-state index in [1.165, 1.54) is 46.8 Å². The highest BCUT2D eigenvalue weighted by Gasteiger charge is 2.33. The maximum atomic E-state index is 13.6. The van der Waals surface area contributed by atoms with Crippen LogP contribution in [0, 0.1) is 6.92 Å². The first-order chi connectivity index (χ1) is 16.5. The molecule has 2 aromatic heterocycles. The average molecular weight is 494 g/mol. The molecule has 8 heteroatoms. The summed E-state index contributed by atoms with van der Waals surface area (Å²) in [6.07, 6.45) is 4.40. The minimum Gasteiger partial charge on any atom is -0.463 e. The largest absolute Gasteiger partial charge is 0.463 e. The maximum Gasteiger partial charge on any atom is 0.338 e. The molecule has 1 saturated heterocycles. The minimum atomic E-state index is -0.531. The number of thiophene rings is 1. The van der Waals surface area contributed by atoms with Crippen molar-refractivity contribution in [1.29, 1.82) is 0 Å². The van der Waals surface area contributed by atoms with Gasteiger partial charge in [-0.3, -0.25) is 9.36 Å². The first-order valence-corrected chi connectivity index (χ1v) is 13.3. The van der Waals surface area contributed by atoms with E-state index >= 15 is 0 Å². The Morgan fingerprint density at radius 1 is 1.24 bits per heavy atom. The molecule has 3 aromatic rings. The van der Waals surface area contributed by atoms with Crippen molar-refractivity contribution >= 4 is 40.4 Å². The third kappa shape index (κ3) is 4.05. The smallest absolute Gasteiger partial charge is 0.338 e. The van der Waals surface area contributed by atoms with Gasteiger partial charge in [0, 0.05) is 23.7 Å². The van der Waals surface area contributed by atoms with Crippen molar-refractivity contribution in [3.05, 3.63) is 82.7 Å². The van der Waals surface area contributed by atoms with Crippen LogP contribution in [0.1, 0.15) is 48.7 Å². The first kappa shape index (κ1) is 22.8. The van der Waals surface area contributed by atoms with Crippen LogP contribution < -0.4 is 19.8 Å². The van der Waals surface area contributed by atoms with Crippen LogP contribution in [0.2, 0.25) is 0 Å². The van der Waals surface area contributed by atoms with Gasteiger partial charge in [-0.15, -0.1) is 11.3 Å². The van der Waals surface area contributed by atoms with E-state index in [1.807, 2.05) is 30.5 Å². The van der Waals surface area contributed by atoms with Crippen molar-refractivity contribution in [2.75, 3.05) is 24.6 Å². The number of aromatic nitrogens is 1. The Balaban J connectivity index is 1.61. The lowest BCUT2D eigenvalue weighted by atomic mass is 10.0. The van der Waals surface area contributed by atoms with Crippen LogP contribution in [0.5, 0.6) is 0 Å². The van der Waals surface area contributed by atoms with Gasteiger partial charge in [-0.1, -0.05) is 23.5 Å². The van der Waals surface area contributed by atoms with Crippen molar-refractivity contribution in [1.82, 2.24) is 4.57 Å². The van der Waals surface area contributed by atoms with Gasteiger partial charge in [-0.2, -0.15) is 0 Å². The topological polar surface area (TPSA) is 63.9 Å². The monoisotopic (exact) mass is 493 g/mol. The van der Waals surface area contributed by atoms with Gasteiger partial charge in [0.05, 0.1) is 22.4 Å². The molecule has 0 saturated carbocycles. The molecule has 0 spiro atoms. The van der Waals surface area contributed by atoms with E-state index in [0.717, 1.165) is 23.5 Å². The number of ether oxygens (including phenoxy) is 1. The number of anilines is 1. The molecule has 0 amide bonds. The number of nitrogens with zero attached hydrogens (tertiary/aromatic N) is 3. The molecule has 1 atom stereocenters. The van der Waals surface area contributed by atoms with E-state index in [-0.39, 0.29) is 12.2 Å². The molecule has 0 radical (unpaired) electrons. The highest BCUT2D eigenvalue weighted by molar-refractivity contribution is 7.10. The molecule has 2 aliphatic rings. The van der Waals surface area contributed by atoms with E-state index in [4.69, 9.17) is 4.74 Å². The summed E-state index contributed by atoms with van der Waals surface area (Å²) in [5.41, 5.74) is 4.34. The molecule has 1 fully saturated rings. The number of rotatable bonds is 5. The molecular weight excluding hydrogens is 466 g/mol. The van der Waals surface area contributed by atoms with Gasteiger partial charge in [0.25, 0.3) is 5.56 Å². The molecule has 0 unspecified atom stereocenters. The zero-order valence-electron chi connectivity index (χ0n) is 19.5. The van der Waals surface area contributed by atoms with Gasteiger partial charge in [-0.05, 0) is 74.4 Å². The normalized spacial score (nSPS) is 18.3. The van der Waals surface area contributed by atoms with Crippen molar-refractivity contribution in [2.24, 2.45) is 4.99 Å². The van der Waals surface area contributed by atoms with E-state index in [0.29, 0.717) is 20.6 Å². The van der Waals surface area contributed by atoms with Crippen LogP contribution in [0.3, 0.4) is 0 Å². The van der Waals surface area contributed by atoms with E-state index in [2.05, 4.69) is 35.0 Å². The summed E-state index contributed by atoms with van der Waals surface area (Å²) in [6.45, 7) is 8.18. The van der Waals surface area contributed by atoms with Crippen LogP contribution >= 0.6 is 22.7 Å². The number of carbonyl (C=O) groups is 1. The molecule has 34 heavy (non-hydrogen) atoms.